The fourth-order valence-electron chi connectivity index (χ4n) is 3.81. The van der Waals surface area contributed by atoms with Gasteiger partial charge in [-0.3, -0.25) is 19.6 Å². The van der Waals surface area contributed by atoms with Gasteiger partial charge >= 0.3 is 6.18 Å². The van der Waals surface area contributed by atoms with Crippen molar-refractivity contribution in [3.8, 4) is 22.3 Å². The Kier molecular flexibility index (Phi) is 7.44. The molecule has 0 saturated heterocycles. The molecule has 8 nitrogen and oxygen atoms in total. The molecule has 0 unspecified atom stereocenters. The van der Waals surface area contributed by atoms with Crippen molar-refractivity contribution in [3.05, 3.63) is 99.0 Å². The fourth-order valence-corrected chi connectivity index (χ4v) is 3.94. The van der Waals surface area contributed by atoms with Gasteiger partial charge in [-0.25, -0.2) is 14.3 Å². The lowest BCUT2D eigenvalue weighted by Gasteiger charge is -2.19. The molecule has 0 saturated carbocycles. The molecule has 4 rings (SSSR count). The summed E-state index contributed by atoms with van der Waals surface area (Å²) < 4.78 is 54.8. The number of carbonyl (C=O) groups excluding carboxylic acids is 1. The van der Waals surface area contributed by atoms with Crippen LogP contribution < -0.4 is 11.0 Å². The molecule has 0 aliphatic heterocycles. The number of carbonyl (C=O) groups is 1. The summed E-state index contributed by atoms with van der Waals surface area (Å²) in [4.78, 5) is 32.6. The summed E-state index contributed by atoms with van der Waals surface area (Å²) in [5.74, 6) is -0.821. The van der Waals surface area contributed by atoms with Gasteiger partial charge in [0, 0.05) is 43.1 Å². The lowest BCUT2D eigenvalue weighted by molar-refractivity contribution is -0.141. The minimum absolute atomic E-state index is 0.00720. The van der Waals surface area contributed by atoms with E-state index in [-0.39, 0.29) is 28.7 Å². The van der Waals surface area contributed by atoms with Crippen LogP contribution in [0.25, 0.3) is 22.3 Å². The molecular formula is C25H19ClF4N6O2. The van der Waals surface area contributed by atoms with E-state index in [4.69, 9.17) is 11.6 Å². The zero-order valence-electron chi connectivity index (χ0n) is 19.9. The van der Waals surface area contributed by atoms with Gasteiger partial charge in [-0.1, -0.05) is 29.8 Å². The monoisotopic (exact) mass is 546 g/mol. The number of hydrogen-bond acceptors (Lipinski definition) is 6. The van der Waals surface area contributed by atoms with E-state index in [1.807, 2.05) is 0 Å². The van der Waals surface area contributed by atoms with Crippen molar-refractivity contribution in [1.29, 1.82) is 0 Å². The molecule has 0 aliphatic rings. The molecule has 0 aliphatic carbocycles. The van der Waals surface area contributed by atoms with E-state index < -0.39 is 23.4 Å². The highest BCUT2D eigenvalue weighted by Crippen LogP contribution is 2.29. The molecule has 3 aromatic heterocycles. The van der Waals surface area contributed by atoms with E-state index in [0.717, 1.165) is 27.7 Å². The molecule has 0 bridgehead atoms. The number of pyridine rings is 2. The third kappa shape index (κ3) is 5.49. The third-order valence-electron chi connectivity index (χ3n) is 5.56. The van der Waals surface area contributed by atoms with Gasteiger partial charge in [-0.2, -0.15) is 22.7 Å². The van der Waals surface area contributed by atoms with Crippen molar-refractivity contribution in [3.63, 3.8) is 0 Å². The van der Waals surface area contributed by atoms with Crippen LogP contribution in [0.5, 0.6) is 0 Å². The highest BCUT2D eigenvalue weighted by Gasteiger charge is 2.32. The van der Waals surface area contributed by atoms with Gasteiger partial charge in [-0.15, -0.1) is 0 Å². The SMILES string of the molecule is CN(Cc1ccc(C(F)(F)F)nc1)/N=c1/c(-c2ccnc(F)c2)c(-c2ccc(Cl)cc2)c(=O)n(C)n1C=O. The van der Waals surface area contributed by atoms with Gasteiger partial charge < -0.3 is 0 Å². The smallest absolute Gasteiger partial charge is 0.294 e. The third-order valence-corrected chi connectivity index (χ3v) is 5.81. The lowest BCUT2D eigenvalue weighted by atomic mass is 9.97. The van der Waals surface area contributed by atoms with E-state index in [0.29, 0.717) is 22.6 Å². The van der Waals surface area contributed by atoms with Gasteiger partial charge in [0.05, 0.1) is 12.1 Å². The average Bonchev–Trinajstić information content (AvgIpc) is 2.86. The Bertz CT molecular complexity index is 1610. The Balaban J connectivity index is 1.96. The maximum absolute atomic E-state index is 14.2. The number of hydrogen-bond donors (Lipinski definition) is 0. The summed E-state index contributed by atoms with van der Waals surface area (Å²) in [6.07, 6.45) is -1.92. The second kappa shape index (κ2) is 10.6. The summed E-state index contributed by atoms with van der Waals surface area (Å²) in [5.41, 5.74) is -0.309. The normalized spacial score (nSPS) is 12.0. The van der Waals surface area contributed by atoms with Crippen LogP contribution in [0.1, 0.15) is 11.3 Å². The highest BCUT2D eigenvalue weighted by atomic mass is 35.5. The topological polar surface area (TPSA) is 85.4 Å². The van der Waals surface area contributed by atoms with Gasteiger partial charge in [-0.05, 0) is 41.0 Å². The molecule has 1 aromatic carbocycles. The Hall–Kier alpha value is -4.32. The molecule has 0 spiro atoms. The number of benzene rings is 1. The van der Waals surface area contributed by atoms with Crippen molar-refractivity contribution in [1.82, 2.24) is 24.3 Å². The zero-order valence-corrected chi connectivity index (χ0v) is 20.7. The number of alkyl halides is 3. The molecule has 4 aromatic rings. The van der Waals surface area contributed by atoms with E-state index in [9.17, 15) is 27.2 Å². The molecule has 196 valence electrons. The molecule has 3 heterocycles. The first-order valence-corrected chi connectivity index (χ1v) is 11.3. The summed E-state index contributed by atoms with van der Waals surface area (Å²) in [7, 11) is 2.89. The highest BCUT2D eigenvalue weighted by molar-refractivity contribution is 6.30. The maximum Gasteiger partial charge on any atom is 0.433 e. The summed E-state index contributed by atoms with van der Waals surface area (Å²) >= 11 is 6.02. The first-order valence-electron chi connectivity index (χ1n) is 11.0. The predicted octanol–water partition coefficient (Wildman–Crippen LogP) is 4.11. The minimum atomic E-state index is -4.58. The van der Waals surface area contributed by atoms with Crippen molar-refractivity contribution in [2.24, 2.45) is 12.1 Å². The largest absolute Gasteiger partial charge is 0.433 e. The van der Waals surface area contributed by atoms with E-state index in [2.05, 4.69) is 15.1 Å². The van der Waals surface area contributed by atoms with E-state index in [1.165, 1.54) is 37.4 Å². The van der Waals surface area contributed by atoms with Crippen molar-refractivity contribution in [2.45, 2.75) is 12.7 Å². The molecule has 0 N–H and O–H groups in total. The van der Waals surface area contributed by atoms with Gasteiger partial charge in [0.2, 0.25) is 12.4 Å². The Morgan fingerprint density at radius 1 is 1.05 bits per heavy atom. The molecule has 0 fully saturated rings. The summed E-state index contributed by atoms with van der Waals surface area (Å²) in [6.45, 7) is 0.00720. The molecule has 13 heteroatoms. The standard InChI is InChI=1S/C25H19ClF4N6O2/c1-34(13-15-3-8-19(32-12-15)25(28,29)30)33-23-21(17-9-10-31-20(27)11-17)22(16-4-6-18(26)7-5-16)24(38)35(2)36(23)14-37/h3-12,14H,13H2,1-2H3/b33-23-. The van der Waals surface area contributed by atoms with Crippen LogP contribution in [0.2, 0.25) is 5.02 Å². The van der Waals surface area contributed by atoms with Crippen LogP contribution >= 0.6 is 11.6 Å². The predicted molar refractivity (Wildman–Crippen MR) is 132 cm³/mol. The van der Waals surface area contributed by atoms with Crippen molar-refractivity contribution in [2.75, 3.05) is 7.05 Å². The zero-order chi connectivity index (χ0) is 27.6. The van der Waals surface area contributed by atoms with Crippen LogP contribution in [0.15, 0.2) is 70.8 Å². The van der Waals surface area contributed by atoms with Crippen LogP contribution in [-0.2, 0) is 24.6 Å². The maximum atomic E-state index is 14.2. The minimum Gasteiger partial charge on any atom is -0.294 e. The van der Waals surface area contributed by atoms with Crippen molar-refractivity contribution >= 4 is 18.0 Å². The lowest BCUT2D eigenvalue weighted by Crippen LogP contribution is -2.40. The summed E-state index contributed by atoms with van der Waals surface area (Å²) in [5, 5.41) is 6.28. The van der Waals surface area contributed by atoms with Crippen molar-refractivity contribution < 1.29 is 22.4 Å². The first kappa shape index (κ1) is 26.7. The van der Waals surface area contributed by atoms with Gasteiger partial charge in [0.25, 0.3) is 5.56 Å². The van der Waals surface area contributed by atoms with Gasteiger partial charge in [0.15, 0.2) is 5.49 Å². The molecular weight excluding hydrogens is 528 g/mol. The fraction of sp³-hybridized carbons (Fsp3) is 0.160. The van der Waals surface area contributed by atoms with Crippen LogP contribution in [-0.4, -0.2) is 37.8 Å². The Morgan fingerprint density at radius 2 is 1.76 bits per heavy atom. The van der Waals surface area contributed by atoms with Crippen LogP contribution in [0.4, 0.5) is 17.6 Å². The number of nitrogens with zero attached hydrogens (tertiary/aromatic N) is 6. The second-order valence-corrected chi connectivity index (χ2v) is 8.63. The average molecular weight is 547 g/mol. The Labute approximate surface area is 218 Å². The summed E-state index contributed by atoms with van der Waals surface area (Å²) in [6, 6.07) is 11.0. The molecule has 0 atom stereocenters. The molecule has 38 heavy (non-hydrogen) atoms. The second-order valence-electron chi connectivity index (χ2n) is 8.19. The number of aromatic nitrogens is 4. The van der Waals surface area contributed by atoms with Gasteiger partial charge in [0.1, 0.15) is 5.69 Å². The molecule has 0 radical (unpaired) electrons. The van der Waals surface area contributed by atoms with E-state index in [1.54, 1.807) is 24.3 Å². The van der Waals surface area contributed by atoms with Crippen LogP contribution in [0.3, 0.4) is 0 Å². The number of halogens is 5. The number of rotatable bonds is 6. The van der Waals surface area contributed by atoms with E-state index >= 15 is 0 Å². The first-order chi connectivity index (χ1) is 18.0. The quantitative estimate of drug-likeness (QED) is 0.157. The Morgan fingerprint density at radius 3 is 2.34 bits per heavy atom. The molecule has 0 amide bonds. The van der Waals surface area contributed by atoms with Crippen LogP contribution in [0, 0.1) is 5.95 Å².